The van der Waals surface area contributed by atoms with Crippen molar-refractivity contribution < 1.29 is 0 Å². The SMILES string of the molecule is [B]C(/C(C)=C\C)=C(\C)C=C=C. The van der Waals surface area contributed by atoms with Crippen molar-refractivity contribution in [3.63, 3.8) is 0 Å². The Kier molecular flexibility index (Phi) is 4.41. The zero-order valence-electron chi connectivity index (χ0n) is 7.44. The van der Waals surface area contributed by atoms with Crippen LogP contribution >= 0.6 is 0 Å². The van der Waals surface area contributed by atoms with Crippen molar-refractivity contribution in [2.45, 2.75) is 20.8 Å². The first-order chi connectivity index (χ1) is 5.13. The first-order valence-corrected chi connectivity index (χ1v) is 3.59. The molecule has 0 saturated carbocycles. The summed E-state index contributed by atoms with van der Waals surface area (Å²) in [5.74, 6) is 0. The molecule has 2 radical (unpaired) electrons. The molecule has 0 aromatic rings. The van der Waals surface area contributed by atoms with Gasteiger partial charge in [-0.05, 0) is 26.8 Å². The van der Waals surface area contributed by atoms with Crippen molar-refractivity contribution in [1.82, 2.24) is 0 Å². The Morgan fingerprint density at radius 1 is 1.45 bits per heavy atom. The lowest BCUT2D eigenvalue weighted by Crippen LogP contribution is -1.87. The van der Waals surface area contributed by atoms with Crippen molar-refractivity contribution in [2.24, 2.45) is 0 Å². The van der Waals surface area contributed by atoms with E-state index in [4.69, 9.17) is 7.85 Å². The normalized spacial score (nSPS) is 13.5. The fourth-order valence-corrected chi connectivity index (χ4v) is 0.697. The van der Waals surface area contributed by atoms with Gasteiger partial charge in [-0.2, -0.15) is 0 Å². The molecule has 0 aliphatic rings. The summed E-state index contributed by atoms with van der Waals surface area (Å²) >= 11 is 0. The smallest absolute Gasteiger partial charge is 0.114 e. The Balaban J connectivity index is 4.80. The van der Waals surface area contributed by atoms with Gasteiger partial charge >= 0.3 is 0 Å². The molecule has 0 atom stereocenters. The van der Waals surface area contributed by atoms with Crippen LogP contribution in [0.1, 0.15) is 20.8 Å². The highest BCUT2D eigenvalue weighted by Crippen LogP contribution is 2.10. The van der Waals surface area contributed by atoms with Crippen LogP contribution in [0.25, 0.3) is 0 Å². The van der Waals surface area contributed by atoms with Gasteiger partial charge in [0.15, 0.2) is 0 Å². The number of hydrogen-bond donors (Lipinski definition) is 0. The zero-order valence-corrected chi connectivity index (χ0v) is 7.44. The van der Waals surface area contributed by atoms with Crippen molar-refractivity contribution in [3.8, 4) is 0 Å². The Morgan fingerprint density at radius 2 is 2.00 bits per heavy atom. The maximum atomic E-state index is 5.77. The van der Waals surface area contributed by atoms with E-state index < -0.39 is 0 Å². The van der Waals surface area contributed by atoms with Gasteiger partial charge in [0.1, 0.15) is 7.85 Å². The third-order valence-electron chi connectivity index (χ3n) is 1.60. The van der Waals surface area contributed by atoms with Gasteiger partial charge in [-0.25, -0.2) is 0 Å². The monoisotopic (exact) mass is 144 g/mol. The van der Waals surface area contributed by atoms with E-state index in [0.29, 0.717) is 0 Å². The summed E-state index contributed by atoms with van der Waals surface area (Å²) < 4.78 is 0. The molecule has 0 rings (SSSR count). The molecule has 0 heterocycles. The van der Waals surface area contributed by atoms with Crippen molar-refractivity contribution in [1.29, 1.82) is 0 Å². The van der Waals surface area contributed by atoms with Gasteiger partial charge in [0, 0.05) is 0 Å². The van der Waals surface area contributed by atoms with Crippen LogP contribution < -0.4 is 0 Å². The number of allylic oxidation sites excluding steroid dienone is 5. The first kappa shape index (κ1) is 10.1. The Labute approximate surface area is 70.4 Å². The minimum absolute atomic E-state index is 0.809. The average molecular weight is 144 g/mol. The minimum atomic E-state index is 0.809. The molecule has 0 N–H and O–H groups in total. The summed E-state index contributed by atoms with van der Waals surface area (Å²) in [5.41, 5.74) is 5.60. The maximum absolute atomic E-state index is 5.77. The van der Waals surface area contributed by atoms with E-state index in [1.54, 1.807) is 6.08 Å². The van der Waals surface area contributed by atoms with Crippen LogP contribution in [0.3, 0.4) is 0 Å². The first-order valence-electron chi connectivity index (χ1n) is 3.59. The average Bonchev–Trinajstić information content (AvgIpc) is 2.02. The van der Waals surface area contributed by atoms with E-state index in [0.717, 1.165) is 16.6 Å². The Bertz CT molecular complexity index is 238. The molecular formula is C10H13B. The second-order valence-electron chi connectivity index (χ2n) is 2.42. The number of rotatable bonds is 2. The van der Waals surface area contributed by atoms with E-state index >= 15 is 0 Å². The van der Waals surface area contributed by atoms with E-state index in [-0.39, 0.29) is 0 Å². The molecular weight excluding hydrogens is 131 g/mol. The van der Waals surface area contributed by atoms with Gasteiger partial charge in [0.2, 0.25) is 0 Å². The molecule has 0 aromatic heterocycles. The fourth-order valence-electron chi connectivity index (χ4n) is 0.697. The maximum Gasteiger partial charge on any atom is 0.114 e. The lowest BCUT2D eigenvalue weighted by molar-refractivity contribution is 1.38. The summed E-state index contributed by atoms with van der Waals surface area (Å²) in [5, 5.41) is 0. The standard InChI is InChI=1S/C10H13B/c1-5-7-9(4)10(11)8(3)6-2/h6-7H,1H2,2-4H3/b8-6-,10-9+. The molecule has 0 saturated heterocycles. The third-order valence-corrected chi connectivity index (χ3v) is 1.60. The van der Waals surface area contributed by atoms with Crippen LogP contribution in [0, 0.1) is 0 Å². The molecule has 0 spiro atoms. The second kappa shape index (κ2) is 4.82. The molecule has 56 valence electrons. The highest BCUT2D eigenvalue weighted by Gasteiger charge is 1.93. The molecule has 0 fully saturated rings. The van der Waals surface area contributed by atoms with Crippen molar-refractivity contribution in [3.05, 3.63) is 41.1 Å². The summed E-state index contributed by atoms with van der Waals surface area (Å²) in [6, 6.07) is 0. The predicted octanol–water partition coefficient (Wildman–Crippen LogP) is 2.74. The van der Waals surface area contributed by atoms with E-state index in [9.17, 15) is 0 Å². The zero-order chi connectivity index (χ0) is 8.85. The lowest BCUT2D eigenvalue weighted by atomic mass is 9.85. The van der Waals surface area contributed by atoms with Crippen molar-refractivity contribution in [2.75, 3.05) is 0 Å². The largest absolute Gasteiger partial charge is 0.128 e. The van der Waals surface area contributed by atoms with Crippen LogP contribution in [0.15, 0.2) is 41.1 Å². The minimum Gasteiger partial charge on any atom is -0.128 e. The van der Waals surface area contributed by atoms with Crippen molar-refractivity contribution >= 4 is 7.85 Å². The molecule has 11 heavy (non-hydrogen) atoms. The molecule has 0 bridgehead atoms. The van der Waals surface area contributed by atoms with Gasteiger partial charge in [-0.15, -0.1) is 5.73 Å². The second-order valence-corrected chi connectivity index (χ2v) is 2.42. The number of hydrogen-bond acceptors (Lipinski definition) is 0. The summed E-state index contributed by atoms with van der Waals surface area (Å²) in [7, 11) is 5.77. The molecule has 0 unspecified atom stereocenters. The van der Waals surface area contributed by atoms with Gasteiger partial charge in [0.25, 0.3) is 0 Å². The van der Waals surface area contributed by atoms with Crippen LogP contribution in [0.2, 0.25) is 0 Å². The molecule has 0 aliphatic carbocycles. The Morgan fingerprint density at radius 3 is 2.36 bits per heavy atom. The predicted molar refractivity (Wildman–Crippen MR) is 51.6 cm³/mol. The summed E-state index contributed by atoms with van der Waals surface area (Å²) in [6.45, 7) is 9.37. The topological polar surface area (TPSA) is 0 Å². The van der Waals surface area contributed by atoms with Crippen LogP contribution in [-0.2, 0) is 0 Å². The van der Waals surface area contributed by atoms with Gasteiger partial charge in [-0.3, -0.25) is 0 Å². The highest BCUT2D eigenvalue weighted by atomic mass is 13.9. The van der Waals surface area contributed by atoms with Crippen LogP contribution in [0.4, 0.5) is 0 Å². The fraction of sp³-hybridized carbons (Fsp3) is 0.300. The lowest BCUT2D eigenvalue weighted by Gasteiger charge is -2.02. The van der Waals surface area contributed by atoms with Gasteiger partial charge in [-0.1, -0.05) is 29.3 Å². The molecule has 0 aliphatic heterocycles. The highest BCUT2D eigenvalue weighted by molar-refractivity contribution is 6.24. The quantitative estimate of drug-likeness (QED) is 0.317. The third kappa shape index (κ3) is 3.11. The summed E-state index contributed by atoms with van der Waals surface area (Å²) in [4.78, 5) is 0. The molecule has 1 heteroatoms. The van der Waals surface area contributed by atoms with E-state index in [2.05, 4.69) is 12.3 Å². The van der Waals surface area contributed by atoms with Gasteiger partial charge < -0.3 is 0 Å². The molecule has 0 nitrogen and oxygen atoms in total. The van der Waals surface area contributed by atoms with Crippen LogP contribution in [-0.4, -0.2) is 7.85 Å². The van der Waals surface area contributed by atoms with Crippen LogP contribution in [0.5, 0.6) is 0 Å². The van der Waals surface area contributed by atoms with E-state index in [1.807, 2.05) is 26.8 Å². The van der Waals surface area contributed by atoms with E-state index in [1.165, 1.54) is 0 Å². The Hall–Kier alpha value is -0.935. The molecule has 0 aromatic carbocycles. The molecule has 0 amide bonds. The summed E-state index contributed by atoms with van der Waals surface area (Å²) in [6.07, 6.45) is 3.76. The van der Waals surface area contributed by atoms with Gasteiger partial charge in [0.05, 0.1) is 0 Å².